The maximum absolute atomic E-state index is 5.54. The van der Waals surface area contributed by atoms with E-state index in [4.69, 9.17) is 9.47 Å². The Morgan fingerprint density at radius 3 is 2.81 bits per heavy atom. The summed E-state index contributed by atoms with van der Waals surface area (Å²) in [5.74, 6) is 3.18. The average Bonchev–Trinajstić information content (AvgIpc) is 2.85. The van der Waals surface area contributed by atoms with Crippen LogP contribution in [0.3, 0.4) is 0 Å². The maximum atomic E-state index is 5.54. The van der Waals surface area contributed by atoms with Crippen LogP contribution in [0.15, 0.2) is 18.2 Å². The van der Waals surface area contributed by atoms with Crippen LogP contribution in [-0.4, -0.2) is 35.0 Å². The minimum atomic E-state index is 0.110. The Morgan fingerprint density at radius 1 is 1.29 bits per heavy atom. The van der Waals surface area contributed by atoms with Crippen molar-refractivity contribution in [1.29, 1.82) is 0 Å². The van der Waals surface area contributed by atoms with Gasteiger partial charge < -0.3 is 14.8 Å². The molecule has 2 unspecified atom stereocenters. The second-order valence-corrected chi connectivity index (χ2v) is 5.33. The quantitative estimate of drug-likeness (QED) is 0.939. The molecule has 6 heteroatoms. The van der Waals surface area contributed by atoms with Crippen LogP contribution < -0.4 is 14.8 Å². The van der Waals surface area contributed by atoms with Gasteiger partial charge in [0.1, 0.15) is 17.3 Å². The molecule has 2 atom stereocenters. The number of rotatable bonds is 3. The van der Waals surface area contributed by atoms with Crippen LogP contribution in [0.1, 0.15) is 30.8 Å². The van der Waals surface area contributed by atoms with Crippen molar-refractivity contribution in [2.75, 3.05) is 19.5 Å². The molecular formula is C15H20N4O2. The van der Waals surface area contributed by atoms with E-state index in [2.05, 4.69) is 22.3 Å². The summed E-state index contributed by atoms with van der Waals surface area (Å²) in [6.45, 7) is 4.05. The van der Waals surface area contributed by atoms with Gasteiger partial charge in [0.2, 0.25) is 5.95 Å². The zero-order valence-electron chi connectivity index (χ0n) is 12.8. The van der Waals surface area contributed by atoms with Crippen LogP contribution in [0.2, 0.25) is 0 Å². The number of hydrogen-bond acceptors (Lipinski definition) is 5. The Bertz CT molecular complexity index is 653. The van der Waals surface area contributed by atoms with E-state index in [1.165, 1.54) is 0 Å². The van der Waals surface area contributed by atoms with Crippen molar-refractivity contribution < 1.29 is 9.47 Å². The van der Waals surface area contributed by atoms with Gasteiger partial charge in [-0.15, -0.1) is 0 Å². The molecular weight excluding hydrogens is 268 g/mol. The average molecular weight is 288 g/mol. The van der Waals surface area contributed by atoms with Gasteiger partial charge in [0.05, 0.1) is 20.3 Å². The number of aryl methyl sites for hydroxylation is 1. The highest BCUT2D eigenvalue weighted by molar-refractivity contribution is 5.45. The Hall–Kier alpha value is -2.24. The van der Waals surface area contributed by atoms with E-state index in [9.17, 15) is 0 Å². The Kier molecular flexibility index (Phi) is 3.45. The molecule has 0 aliphatic carbocycles. The highest BCUT2D eigenvalue weighted by atomic mass is 16.5. The summed E-state index contributed by atoms with van der Waals surface area (Å²) in [6.07, 6.45) is 0.929. The summed E-state index contributed by atoms with van der Waals surface area (Å²) < 4.78 is 12.7. The van der Waals surface area contributed by atoms with Crippen LogP contribution >= 0.6 is 0 Å². The van der Waals surface area contributed by atoms with Gasteiger partial charge in [0, 0.05) is 17.7 Å². The number of ether oxygens (including phenoxy) is 2. The molecule has 0 saturated heterocycles. The summed E-state index contributed by atoms with van der Waals surface area (Å²) >= 11 is 0. The van der Waals surface area contributed by atoms with Gasteiger partial charge >= 0.3 is 0 Å². The molecule has 6 nitrogen and oxygen atoms in total. The first-order valence-electron chi connectivity index (χ1n) is 7.04. The van der Waals surface area contributed by atoms with Crippen molar-refractivity contribution in [1.82, 2.24) is 14.8 Å². The van der Waals surface area contributed by atoms with Gasteiger partial charge in [-0.3, -0.25) is 0 Å². The number of aromatic nitrogens is 3. The minimum Gasteiger partial charge on any atom is -0.497 e. The van der Waals surface area contributed by atoms with E-state index in [-0.39, 0.29) is 6.04 Å². The van der Waals surface area contributed by atoms with E-state index >= 15 is 0 Å². The first-order valence-corrected chi connectivity index (χ1v) is 7.04. The molecule has 0 amide bonds. The van der Waals surface area contributed by atoms with E-state index in [0.717, 1.165) is 35.3 Å². The third-order valence-corrected chi connectivity index (χ3v) is 3.78. The third-order valence-electron chi connectivity index (χ3n) is 3.78. The van der Waals surface area contributed by atoms with Crippen LogP contribution in [0.25, 0.3) is 0 Å². The van der Waals surface area contributed by atoms with Crippen molar-refractivity contribution in [2.45, 2.75) is 32.4 Å². The summed E-state index contributed by atoms with van der Waals surface area (Å²) in [6, 6.07) is 6.34. The van der Waals surface area contributed by atoms with Crippen LogP contribution in [-0.2, 0) is 0 Å². The lowest BCUT2D eigenvalue weighted by Gasteiger charge is -2.30. The minimum absolute atomic E-state index is 0.110. The number of methoxy groups -OCH3 is 2. The predicted molar refractivity (Wildman–Crippen MR) is 80.1 cm³/mol. The van der Waals surface area contributed by atoms with Crippen molar-refractivity contribution in [3.63, 3.8) is 0 Å². The van der Waals surface area contributed by atoms with E-state index in [1.807, 2.05) is 29.8 Å². The lowest BCUT2D eigenvalue weighted by atomic mass is 9.97. The van der Waals surface area contributed by atoms with Gasteiger partial charge in [0.15, 0.2) is 0 Å². The molecule has 1 aromatic heterocycles. The molecule has 0 saturated carbocycles. The second-order valence-electron chi connectivity index (χ2n) is 5.33. The Balaban J connectivity index is 2.07. The zero-order valence-corrected chi connectivity index (χ0v) is 12.8. The van der Waals surface area contributed by atoms with E-state index in [0.29, 0.717) is 6.04 Å². The molecule has 1 N–H and O–H groups in total. The molecule has 0 fully saturated rings. The van der Waals surface area contributed by atoms with Gasteiger partial charge in [-0.2, -0.15) is 10.1 Å². The lowest BCUT2D eigenvalue weighted by molar-refractivity contribution is 0.372. The van der Waals surface area contributed by atoms with Gasteiger partial charge in [0.25, 0.3) is 0 Å². The molecule has 112 valence electrons. The number of nitrogens with one attached hydrogen (secondary N) is 1. The summed E-state index contributed by atoms with van der Waals surface area (Å²) in [7, 11) is 3.33. The lowest BCUT2D eigenvalue weighted by Crippen LogP contribution is -2.31. The molecule has 1 aliphatic rings. The van der Waals surface area contributed by atoms with Crippen LogP contribution in [0.4, 0.5) is 5.95 Å². The Labute approximate surface area is 124 Å². The Morgan fingerprint density at radius 2 is 2.10 bits per heavy atom. The smallest absolute Gasteiger partial charge is 0.222 e. The highest BCUT2D eigenvalue weighted by Crippen LogP contribution is 2.37. The number of nitrogens with zero attached hydrogens (tertiary/aromatic N) is 3. The topological polar surface area (TPSA) is 61.2 Å². The number of fused-ring (bicyclic) bond motifs is 1. The molecule has 1 aromatic carbocycles. The van der Waals surface area contributed by atoms with E-state index in [1.54, 1.807) is 14.2 Å². The molecule has 1 aliphatic heterocycles. The third kappa shape index (κ3) is 2.41. The molecule has 3 rings (SSSR count). The standard InChI is InChI=1S/C15H20N4O2/c1-9-7-13(19-15(16-9)17-10(2)18-19)12-6-5-11(20-3)8-14(12)21-4/h5-6,8-9,13H,7H2,1-4H3,(H,16,17,18). The summed E-state index contributed by atoms with van der Waals surface area (Å²) in [4.78, 5) is 4.44. The molecule has 0 bridgehead atoms. The normalized spacial score (nSPS) is 20.6. The van der Waals surface area contributed by atoms with Crippen molar-refractivity contribution >= 4 is 5.95 Å². The van der Waals surface area contributed by atoms with Crippen molar-refractivity contribution in [2.24, 2.45) is 0 Å². The van der Waals surface area contributed by atoms with Gasteiger partial charge in [-0.25, -0.2) is 4.68 Å². The summed E-state index contributed by atoms with van der Waals surface area (Å²) in [5.41, 5.74) is 1.10. The molecule has 21 heavy (non-hydrogen) atoms. The first kappa shape index (κ1) is 13.7. The predicted octanol–water partition coefficient (Wildman–Crippen LogP) is 2.40. The fourth-order valence-electron chi connectivity index (χ4n) is 2.81. The number of anilines is 1. The van der Waals surface area contributed by atoms with Crippen LogP contribution in [0.5, 0.6) is 11.5 Å². The van der Waals surface area contributed by atoms with E-state index < -0.39 is 0 Å². The molecule has 0 spiro atoms. The SMILES string of the molecule is COc1ccc(C2CC(C)Nc3nc(C)nn32)c(OC)c1. The molecule has 2 aromatic rings. The maximum Gasteiger partial charge on any atom is 0.222 e. The van der Waals surface area contributed by atoms with Crippen LogP contribution in [0, 0.1) is 6.92 Å². The van der Waals surface area contributed by atoms with Gasteiger partial charge in [-0.1, -0.05) is 0 Å². The zero-order chi connectivity index (χ0) is 15.0. The fourth-order valence-corrected chi connectivity index (χ4v) is 2.81. The second kappa shape index (κ2) is 5.27. The first-order chi connectivity index (χ1) is 10.1. The van der Waals surface area contributed by atoms with Crippen molar-refractivity contribution in [3.05, 3.63) is 29.6 Å². The number of hydrogen-bond donors (Lipinski definition) is 1. The monoisotopic (exact) mass is 288 g/mol. The summed E-state index contributed by atoms with van der Waals surface area (Å²) in [5, 5.41) is 7.88. The molecule has 2 heterocycles. The van der Waals surface area contributed by atoms with Crippen molar-refractivity contribution in [3.8, 4) is 11.5 Å². The largest absolute Gasteiger partial charge is 0.497 e. The number of benzene rings is 1. The fraction of sp³-hybridized carbons (Fsp3) is 0.467. The van der Waals surface area contributed by atoms with Gasteiger partial charge in [-0.05, 0) is 32.4 Å². The molecule has 0 radical (unpaired) electrons. The highest BCUT2D eigenvalue weighted by Gasteiger charge is 2.29.